The number of sulfonamides is 1. The fourth-order valence-electron chi connectivity index (χ4n) is 4.34. The summed E-state index contributed by atoms with van der Waals surface area (Å²) in [6.45, 7) is 7.37. The molecule has 1 atom stereocenters. The van der Waals surface area contributed by atoms with E-state index in [0.29, 0.717) is 5.56 Å². The van der Waals surface area contributed by atoms with Gasteiger partial charge < -0.3 is 15.0 Å². The number of hydrogen-bond acceptors (Lipinski definition) is 7. The van der Waals surface area contributed by atoms with Crippen LogP contribution in [-0.4, -0.2) is 55.3 Å². The van der Waals surface area contributed by atoms with Crippen LogP contribution in [0.1, 0.15) is 38.8 Å². The van der Waals surface area contributed by atoms with Crippen LogP contribution in [0.3, 0.4) is 0 Å². The third-order valence-electron chi connectivity index (χ3n) is 6.66. The highest BCUT2D eigenvalue weighted by Gasteiger charge is 2.35. The Kier molecular flexibility index (Phi) is 11.4. The number of rotatable bonds is 11. The maximum absolute atomic E-state index is 14.2. The van der Waals surface area contributed by atoms with Crippen LogP contribution in [0.5, 0.6) is 5.75 Å². The zero-order valence-electron chi connectivity index (χ0n) is 25.4. The van der Waals surface area contributed by atoms with Gasteiger partial charge in [-0.05, 0) is 76.6 Å². The molecule has 3 rings (SSSR count). The average molecular weight is 700 g/mol. The number of carbonyl (C=O) groups excluding carboxylic acids is 2. The van der Waals surface area contributed by atoms with Crippen molar-refractivity contribution in [1.29, 1.82) is 0 Å². The first-order valence-corrected chi connectivity index (χ1v) is 16.1. The SMILES string of the molecule is COc1ccc(Cl)cc1N(CC(=O)N(Cc1ccc(Cl)c(Cl)c1)C(C)C(=O)NC(C)(C)C)S(=O)(=O)c1ccc(C)c([N+](=O)[O-])c1. The summed E-state index contributed by atoms with van der Waals surface area (Å²) in [7, 11) is -3.35. The van der Waals surface area contributed by atoms with Crippen molar-refractivity contribution in [2.75, 3.05) is 18.0 Å². The lowest BCUT2D eigenvalue weighted by Gasteiger charge is -2.33. The van der Waals surface area contributed by atoms with Crippen LogP contribution in [0.4, 0.5) is 11.4 Å². The summed E-state index contributed by atoms with van der Waals surface area (Å²) in [6, 6.07) is 11.3. The average Bonchev–Trinajstić information content (AvgIpc) is 2.94. The van der Waals surface area contributed by atoms with Gasteiger partial charge in [0.2, 0.25) is 11.8 Å². The molecule has 0 saturated heterocycles. The third kappa shape index (κ3) is 8.78. The molecule has 1 N–H and O–H groups in total. The minimum atomic E-state index is -4.66. The van der Waals surface area contributed by atoms with Crippen LogP contribution in [0.15, 0.2) is 59.5 Å². The normalized spacial score (nSPS) is 12.3. The van der Waals surface area contributed by atoms with Crippen molar-refractivity contribution in [3.63, 3.8) is 0 Å². The monoisotopic (exact) mass is 698 g/mol. The smallest absolute Gasteiger partial charge is 0.273 e. The van der Waals surface area contributed by atoms with Gasteiger partial charge in [-0.1, -0.05) is 46.9 Å². The van der Waals surface area contributed by atoms with Crippen LogP contribution >= 0.6 is 34.8 Å². The number of hydrogen-bond donors (Lipinski definition) is 1. The fraction of sp³-hybridized carbons (Fsp3) is 0.333. The molecule has 0 saturated carbocycles. The molecule has 3 aromatic rings. The van der Waals surface area contributed by atoms with Gasteiger partial charge in [0, 0.05) is 28.7 Å². The summed E-state index contributed by atoms with van der Waals surface area (Å²) in [5.74, 6) is -1.20. The lowest BCUT2D eigenvalue weighted by Crippen LogP contribution is -2.54. The first kappa shape index (κ1) is 35.9. The van der Waals surface area contributed by atoms with Crippen LogP contribution in [0.25, 0.3) is 0 Å². The molecule has 0 aliphatic carbocycles. The van der Waals surface area contributed by atoms with E-state index in [2.05, 4.69) is 5.32 Å². The highest BCUT2D eigenvalue weighted by atomic mass is 35.5. The Balaban J connectivity index is 2.18. The number of carbonyl (C=O) groups is 2. The topological polar surface area (TPSA) is 139 Å². The van der Waals surface area contributed by atoms with Crippen molar-refractivity contribution < 1.29 is 27.7 Å². The Morgan fingerprint density at radius 2 is 1.69 bits per heavy atom. The first-order valence-electron chi connectivity index (χ1n) is 13.5. The van der Waals surface area contributed by atoms with E-state index in [0.717, 1.165) is 10.4 Å². The summed E-state index contributed by atoms with van der Waals surface area (Å²) in [4.78, 5) is 39.2. The molecule has 0 aliphatic rings. The maximum Gasteiger partial charge on any atom is 0.273 e. The van der Waals surface area contributed by atoms with Crippen LogP contribution in [-0.2, 0) is 26.2 Å². The molecule has 242 valence electrons. The van der Waals surface area contributed by atoms with E-state index in [-0.39, 0.29) is 38.6 Å². The second-order valence-corrected chi connectivity index (χ2v) is 14.3. The van der Waals surface area contributed by atoms with Crippen molar-refractivity contribution in [2.45, 2.75) is 57.6 Å². The molecular weight excluding hydrogens is 667 g/mol. The summed E-state index contributed by atoms with van der Waals surface area (Å²) >= 11 is 18.5. The van der Waals surface area contributed by atoms with E-state index in [4.69, 9.17) is 39.5 Å². The minimum Gasteiger partial charge on any atom is -0.495 e. The Bertz CT molecular complexity index is 1730. The largest absolute Gasteiger partial charge is 0.495 e. The lowest BCUT2D eigenvalue weighted by atomic mass is 10.1. The van der Waals surface area contributed by atoms with Gasteiger partial charge >= 0.3 is 0 Å². The maximum atomic E-state index is 14.2. The van der Waals surface area contributed by atoms with Gasteiger partial charge in [0.05, 0.1) is 32.7 Å². The Hall–Kier alpha value is -3.58. The molecule has 0 fully saturated rings. The van der Waals surface area contributed by atoms with E-state index < -0.39 is 55.5 Å². The number of aryl methyl sites for hydroxylation is 1. The molecule has 0 heterocycles. The molecule has 45 heavy (non-hydrogen) atoms. The molecule has 0 aromatic heterocycles. The van der Waals surface area contributed by atoms with Crippen molar-refractivity contribution in [1.82, 2.24) is 10.2 Å². The van der Waals surface area contributed by atoms with Crippen LogP contribution < -0.4 is 14.4 Å². The molecule has 11 nitrogen and oxygen atoms in total. The summed E-state index contributed by atoms with van der Waals surface area (Å²) < 4.78 is 34.6. The Morgan fingerprint density at radius 1 is 1.02 bits per heavy atom. The standard InChI is InChI=1S/C30H33Cl3N4O7S/c1-18-7-10-22(15-25(18)37(40)41)45(42,43)36(26-14-21(31)9-12-27(26)44-6)17-28(38)35(19(2)29(39)34-30(3,4)5)16-20-8-11-23(32)24(33)13-20/h7-15,19H,16-17H2,1-6H3,(H,34,39). The van der Waals surface area contributed by atoms with Crippen molar-refractivity contribution >= 4 is 68.0 Å². The van der Waals surface area contributed by atoms with Gasteiger partial charge in [0.25, 0.3) is 15.7 Å². The highest BCUT2D eigenvalue weighted by molar-refractivity contribution is 7.92. The highest BCUT2D eigenvalue weighted by Crippen LogP contribution is 2.36. The number of halogens is 3. The number of ether oxygens (including phenoxy) is 1. The molecule has 0 radical (unpaired) electrons. The number of anilines is 1. The molecule has 3 aromatic carbocycles. The van der Waals surface area contributed by atoms with Crippen LogP contribution in [0.2, 0.25) is 15.1 Å². The molecule has 0 bridgehead atoms. The summed E-state index contributed by atoms with van der Waals surface area (Å²) in [6.07, 6.45) is 0. The Morgan fingerprint density at radius 3 is 2.27 bits per heavy atom. The molecule has 0 spiro atoms. The Labute approximate surface area is 277 Å². The second kappa shape index (κ2) is 14.2. The lowest BCUT2D eigenvalue weighted by molar-refractivity contribution is -0.385. The number of nitrogens with zero attached hydrogens (tertiary/aromatic N) is 3. The molecule has 15 heteroatoms. The van der Waals surface area contributed by atoms with E-state index in [1.165, 1.54) is 56.2 Å². The second-order valence-electron chi connectivity index (χ2n) is 11.2. The van der Waals surface area contributed by atoms with Crippen LogP contribution in [0, 0.1) is 17.0 Å². The zero-order chi connectivity index (χ0) is 33.9. The zero-order valence-corrected chi connectivity index (χ0v) is 28.5. The van der Waals surface area contributed by atoms with Crippen molar-refractivity contribution in [3.8, 4) is 5.75 Å². The molecule has 2 amide bonds. The third-order valence-corrected chi connectivity index (χ3v) is 9.39. The predicted molar refractivity (Wildman–Crippen MR) is 175 cm³/mol. The number of nitrogens with one attached hydrogen (secondary N) is 1. The van der Waals surface area contributed by atoms with Gasteiger partial charge in [-0.3, -0.25) is 24.0 Å². The van der Waals surface area contributed by atoms with E-state index in [9.17, 15) is 28.1 Å². The van der Waals surface area contributed by atoms with Crippen molar-refractivity contribution in [3.05, 3.63) is 90.9 Å². The summed E-state index contributed by atoms with van der Waals surface area (Å²) in [5, 5.41) is 15.1. The van der Waals surface area contributed by atoms with E-state index in [1.54, 1.807) is 39.0 Å². The van der Waals surface area contributed by atoms with Crippen molar-refractivity contribution in [2.24, 2.45) is 0 Å². The number of nitro benzene ring substituents is 1. The summed E-state index contributed by atoms with van der Waals surface area (Å²) in [5.41, 5.74) is -0.379. The number of nitro groups is 1. The molecule has 1 unspecified atom stereocenters. The van der Waals surface area contributed by atoms with Gasteiger partial charge in [0.15, 0.2) is 0 Å². The van der Waals surface area contributed by atoms with Gasteiger partial charge in [0.1, 0.15) is 18.3 Å². The van der Waals surface area contributed by atoms with E-state index >= 15 is 0 Å². The predicted octanol–water partition coefficient (Wildman–Crippen LogP) is 6.40. The van der Waals surface area contributed by atoms with Gasteiger partial charge in [-0.25, -0.2) is 8.42 Å². The van der Waals surface area contributed by atoms with Gasteiger partial charge in [-0.2, -0.15) is 0 Å². The van der Waals surface area contributed by atoms with Gasteiger partial charge in [-0.15, -0.1) is 0 Å². The van der Waals surface area contributed by atoms with E-state index in [1.807, 2.05) is 0 Å². The molecule has 0 aliphatic heterocycles. The number of amides is 2. The first-order chi connectivity index (χ1) is 20.8. The fourth-order valence-corrected chi connectivity index (χ4v) is 6.26. The number of benzene rings is 3. The number of methoxy groups -OCH3 is 1. The quantitative estimate of drug-likeness (QED) is 0.181. The minimum absolute atomic E-state index is 0.0620. The molecular formula is C30H33Cl3N4O7S.